The quantitative estimate of drug-likeness (QED) is 0.567. The molecule has 2 amide bonds. The van der Waals surface area contributed by atoms with Crippen LogP contribution in [0.1, 0.15) is 39.5 Å². The monoisotopic (exact) mass is 469 g/mol. The molecule has 1 aliphatic heterocycles. The summed E-state index contributed by atoms with van der Waals surface area (Å²) in [5.41, 5.74) is 1.78. The predicted octanol–water partition coefficient (Wildman–Crippen LogP) is 2.72. The van der Waals surface area contributed by atoms with Crippen LogP contribution in [0.15, 0.2) is 24.5 Å². The highest BCUT2D eigenvalue weighted by molar-refractivity contribution is 7.20. The summed E-state index contributed by atoms with van der Waals surface area (Å²) < 4.78 is 10.6. The van der Waals surface area contributed by atoms with Crippen LogP contribution in [0, 0.1) is 12.8 Å². The number of methoxy groups -OCH3 is 2. The maximum absolute atomic E-state index is 13.3. The Labute approximate surface area is 196 Å². The van der Waals surface area contributed by atoms with E-state index in [-0.39, 0.29) is 24.3 Å². The van der Waals surface area contributed by atoms with Gasteiger partial charge in [-0.1, -0.05) is 6.07 Å². The van der Waals surface area contributed by atoms with Gasteiger partial charge in [0.2, 0.25) is 11.8 Å². The number of pyridine rings is 1. The Bertz CT molecular complexity index is 1140. The number of carbonyl (C=O) groups excluding carboxylic acids is 2. The van der Waals surface area contributed by atoms with Crippen molar-refractivity contribution in [3.63, 3.8) is 0 Å². The fraction of sp³-hybridized carbons (Fsp3) is 0.435. The molecule has 0 aromatic carbocycles. The summed E-state index contributed by atoms with van der Waals surface area (Å²) in [6, 6.07) is 3.78. The van der Waals surface area contributed by atoms with Gasteiger partial charge in [0.05, 0.1) is 17.4 Å². The minimum Gasteiger partial charge on any atom is -0.480 e. The number of piperidine rings is 1. The molecule has 1 saturated heterocycles. The molecule has 4 rings (SSSR count). The third-order valence-electron chi connectivity index (χ3n) is 5.81. The zero-order valence-electron chi connectivity index (χ0n) is 19.0. The van der Waals surface area contributed by atoms with Crippen molar-refractivity contribution in [2.24, 2.45) is 5.92 Å². The molecule has 3 aromatic heterocycles. The molecule has 0 bridgehead atoms. The molecule has 33 heavy (non-hydrogen) atoms. The maximum Gasteiger partial charge on any atom is 0.264 e. The highest BCUT2D eigenvalue weighted by Crippen LogP contribution is 2.36. The van der Waals surface area contributed by atoms with Gasteiger partial charge in [-0.2, -0.15) is 4.98 Å². The zero-order valence-corrected chi connectivity index (χ0v) is 19.8. The number of thiophene rings is 1. The minimum atomic E-state index is -0.100. The maximum atomic E-state index is 13.3. The number of amides is 2. The van der Waals surface area contributed by atoms with Crippen molar-refractivity contribution < 1.29 is 19.1 Å². The normalized spacial score (nSPS) is 14.5. The van der Waals surface area contributed by atoms with Gasteiger partial charge in [0.15, 0.2) is 5.82 Å². The zero-order chi connectivity index (χ0) is 23.4. The number of carbonyl (C=O) groups is 2. The number of likely N-dealkylation sites (tertiary alicyclic amines) is 1. The lowest BCUT2D eigenvalue weighted by Crippen LogP contribution is -2.42. The number of ether oxygens (including phenoxy) is 2. The topological polar surface area (TPSA) is 107 Å². The van der Waals surface area contributed by atoms with E-state index in [0.29, 0.717) is 53.9 Å². The van der Waals surface area contributed by atoms with E-state index in [0.717, 1.165) is 16.5 Å². The van der Waals surface area contributed by atoms with Gasteiger partial charge >= 0.3 is 0 Å². The van der Waals surface area contributed by atoms with Crippen LogP contribution in [-0.4, -0.2) is 59.0 Å². The third kappa shape index (κ3) is 4.96. The van der Waals surface area contributed by atoms with E-state index >= 15 is 0 Å². The van der Waals surface area contributed by atoms with Crippen molar-refractivity contribution in [3.05, 3.63) is 46.4 Å². The summed E-state index contributed by atoms with van der Waals surface area (Å²) in [6.07, 6.45) is 4.72. The number of nitrogens with zero attached hydrogens (tertiary/aromatic N) is 4. The molecule has 0 aliphatic carbocycles. The minimum absolute atomic E-state index is 0.0228. The molecule has 3 aromatic rings. The first kappa shape index (κ1) is 23.1. The average molecular weight is 470 g/mol. The number of fused-ring (bicyclic) bond motifs is 1. The molecule has 1 aliphatic rings. The van der Waals surface area contributed by atoms with Crippen LogP contribution in [0.5, 0.6) is 5.88 Å². The van der Waals surface area contributed by atoms with Crippen LogP contribution in [0.3, 0.4) is 0 Å². The van der Waals surface area contributed by atoms with Gasteiger partial charge in [-0.25, -0.2) is 4.98 Å². The SMILES string of the molecule is COCc1nc(OC)c2c(C)c(C(=O)N3CCC(C(=O)NCc4cccnc4)CC3)sc2n1. The van der Waals surface area contributed by atoms with Gasteiger partial charge in [0.25, 0.3) is 5.91 Å². The summed E-state index contributed by atoms with van der Waals surface area (Å²) in [7, 11) is 3.14. The molecule has 1 fully saturated rings. The molecule has 0 atom stereocenters. The number of rotatable bonds is 7. The smallest absolute Gasteiger partial charge is 0.264 e. The van der Waals surface area contributed by atoms with Gasteiger partial charge < -0.3 is 19.7 Å². The van der Waals surface area contributed by atoms with Crippen molar-refractivity contribution >= 4 is 33.4 Å². The number of aromatic nitrogens is 3. The molecular weight excluding hydrogens is 442 g/mol. The molecular formula is C23H27N5O4S. The first-order chi connectivity index (χ1) is 16.0. The second kappa shape index (κ2) is 10.2. The van der Waals surface area contributed by atoms with E-state index in [4.69, 9.17) is 9.47 Å². The van der Waals surface area contributed by atoms with Crippen molar-refractivity contribution in [2.75, 3.05) is 27.3 Å². The first-order valence-corrected chi connectivity index (χ1v) is 11.6. The first-order valence-electron chi connectivity index (χ1n) is 10.8. The summed E-state index contributed by atoms with van der Waals surface area (Å²) in [6.45, 7) is 3.70. The molecule has 0 saturated carbocycles. The largest absolute Gasteiger partial charge is 0.480 e. The lowest BCUT2D eigenvalue weighted by Gasteiger charge is -2.31. The average Bonchev–Trinajstić information content (AvgIpc) is 3.18. The van der Waals surface area contributed by atoms with Crippen molar-refractivity contribution in [1.82, 2.24) is 25.2 Å². The summed E-state index contributed by atoms with van der Waals surface area (Å²) in [4.78, 5) is 42.0. The number of nitrogens with one attached hydrogen (secondary N) is 1. The van der Waals surface area contributed by atoms with E-state index in [1.807, 2.05) is 24.0 Å². The van der Waals surface area contributed by atoms with Crippen LogP contribution in [0.2, 0.25) is 0 Å². The Balaban J connectivity index is 1.42. The van der Waals surface area contributed by atoms with Gasteiger partial charge in [-0.05, 0) is 37.0 Å². The lowest BCUT2D eigenvalue weighted by atomic mass is 9.95. The predicted molar refractivity (Wildman–Crippen MR) is 124 cm³/mol. The molecule has 4 heterocycles. The van der Waals surface area contributed by atoms with E-state index in [1.54, 1.807) is 26.6 Å². The molecule has 9 nitrogen and oxygen atoms in total. The van der Waals surface area contributed by atoms with Gasteiger partial charge in [0, 0.05) is 45.1 Å². The Morgan fingerprint density at radius 3 is 2.70 bits per heavy atom. The van der Waals surface area contributed by atoms with Crippen molar-refractivity contribution in [2.45, 2.75) is 32.9 Å². The van der Waals surface area contributed by atoms with Crippen molar-refractivity contribution in [3.8, 4) is 5.88 Å². The Hall–Kier alpha value is -3.11. The number of hydrogen-bond acceptors (Lipinski definition) is 8. The molecule has 174 valence electrons. The molecule has 10 heteroatoms. The van der Waals surface area contributed by atoms with Crippen LogP contribution < -0.4 is 10.1 Å². The molecule has 0 spiro atoms. The van der Waals surface area contributed by atoms with Gasteiger partial charge in [-0.3, -0.25) is 14.6 Å². The third-order valence-corrected chi connectivity index (χ3v) is 6.98. The lowest BCUT2D eigenvalue weighted by molar-refractivity contribution is -0.126. The summed E-state index contributed by atoms with van der Waals surface area (Å²) >= 11 is 1.34. The fourth-order valence-corrected chi connectivity index (χ4v) is 5.17. The summed E-state index contributed by atoms with van der Waals surface area (Å²) in [5, 5.41) is 3.74. The van der Waals surface area contributed by atoms with Gasteiger partial charge in [-0.15, -0.1) is 11.3 Å². The number of aryl methyl sites for hydroxylation is 1. The Morgan fingerprint density at radius 2 is 2.03 bits per heavy atom. The van der Waals surface area contributed by atoms with Crippen molar-refractivity contribution in [1.29, 1.82) is 0 Å². The highest BCUT2D eigenvalue weighted by atomic mass is 32.1. The summed E-state index contributed by atoms with van der Waals surface area (Å²) in [5.74, 6) is 0.843. The Kier molecular flexibility index (Phi) is 7.14. The van der Waals surface area contributed by atoms with E-state index < -0.39 is 0 Å². The number of hydrogen-bond donors (Lipinski definition) is 1. The standard InChI is InChI=1S/C23H27N5O4S/c1-14-18-21(32-3)26-17(13-31-2)27-22(18)33-19(14)23(30)28-9-6-16(7-10-28)20(29)25-12-15-5-4-8-24-11-15/h4-5,8,11,16H,6-7,9-10,12-13H2,1-3H3,(H,25,29). The van der Waals surface area contributed by atoms with Crippen LogP contribution in [-0.2, 0) is 22.7 Å². The molecule has 0 radical (unpaired) electrons. The van der Waals surface area contributed by atoms with Crippen LogP contribution >= 0.6 is 11.3 Å². The van der Waals surface area contributed by atoms with Crippen LogP contribution in [0.25, 0.3) is 10.2 Å². The van der Waals surface area contributed by atoms with Crippen LogP contribution in [0.4, 0.5) is 0 Å². The van der Waals surface area contributed by atoms with E-state index in [2.05, 4.69) is 20.3 Å². The van der Waals surface area contributed by atoms with E-state index in [1.165, 1.54) is 11.3 Å². The Morgan fingerprint density at radius 1 is 1.24 bits per heavy atom. The fourth-order valence-electron chi connectivity index (χ4n) is 4.01. The highest BCUT2D eigenvalue weighted by Gasteiger charge is 2.30. The second-order valence-electron chi connectivity index (χ2n) is 7.96. The second-order valence-corrected chi connectivity index (χ2v) is 8.96. The molecule has 0 unspecified atom stereocenters. The molecule has 1 N–H and O–H groups in total. The van der Waals surface area contributed by atoms with Gasteiger partial charge in [0.1, 0.15) is 11.4 Å². The van der Waals surface area contributed by atoms with E-state index in [9.17, 15) is 9.59 Å².